The van der Waals surface area contributed by atoms with Gasteiger partial charge >= 0.3 is 0 Å². The molecule has 0 saturated carbocycles. The van der Waals surface area contributed by atoms with Gasteiger partial charge in [0.05, 0.1) is 0 Å². The van der Waals surface area contributed by atoms with Crippen molar-refractivity contribution < 1.29 is 14.7 Å². The number of rotatable bonds is 5. The Morgan fingerprint density at radius 1 is 1.44 bits per heavy atom. The number of hydrogen-bond acceptors (Lipinski definition) is 4. The molecule has 1 aromatic rings. The summed E-state index contributed by atoms with van der Waals surface area (Å²) in [7, 11) is 0. The van der Waals surface area contributed by atoms with Crippen LogP contribution in [0.25, 0.3) is 0 Å². The molecule has 5 heteroatoms. The Balaban J connectivity index is 2.39. The minimum atomic E-state index is -1.14. The van der Waals surface area contributed by atoms with E-state index in [0.29, 0.717) is 5.82 Å². The molecule has 0 aliphatic carbocycles. The second kappa shape index (κ2) is 5.85. The molecule has 1 heterocycles. The molecule has 0 radical (unpaired) electrons. The number of aliphatic carboxylic acids is 1. The number of carboxylic acids is 1. The Morgan fingerprint density at radius 2 is 2.19 bits per heavy atom. The first kappa shape index (κ1) is 12.2. The van der Waals surface area contributed by atoms with Gasteiger partial charge in [-0.3, -0.25) is 4.79 Å². The predicted octanol–water partition coefficient (Wildman–Crippen LogP) is 0.186. The van der Waals surface area contributed by atoms with Crippen molar-refractivity contribution in [3.8, 4) is 0 Å². The highest BCUT2D eigenvalue weighted by atomic mass is 16.4. The number of hydrogen-bond donors (Lipinski definition) is 1. The Labute approximate surface area is 93.5 Å². The molecule has 5 nitrogen and oxygen atoms in total. The molecular formula is C11H13N2O3-. The summed E-state index contributed by atoms with van der Waals surface area (Å²) in [5.41, 5.74) is 0. The maximum absolute atomic E-state index is 11.4. The van der Waals surface area contributed by atoms with Crippen LogP contribution in [0.15, 0.2) is 24.4 Å². The average molecular weight is 221 g/mol. The molecule has 0 aliphatic heterocycles. The summed E-state index contributed by atoms with van der Waals surface area (Å²) in [5.74, 6) is -1.16. The molecule has 1 atom stereocenters. The second-order valence-electron chi connectivity index (χ2n) is 3.65. The lowest BCUT2D eigenvalue weighted by atomic mass is 10.0. The van der Waals surface area contributed by atoms with Crippen molar-refractivity contribution >= 4 is 17.7 Å². The molecule has 0 spiro atoms. The van der Waals surface area contributed by atoms with Crippen LogP contribution in [-0.4, -0.2) is 16.9 Å². The number of carbonyl (C=O) groups is 2. The quantitative estimate of drug-likeness (QED) is 0.769. The van der Waals surface area contributed by atoms with E-state index in [9.17, 15) is 14.7 Å². The third kappa shape index (κ3) is 4.54. The van der Waals surface area contributed by atoms with Crippen LogP contribution in [0.4, 0.5) is 5.82 Å². The lowest BCUT2D eigenvalue weighted by Gasteiger charge is -2.11. The Morgan fingerprint density at radius 3 is 2.75 bits per heavy atom. The van der Waals surface area contributed by atoms with Crippen LogP contribution >= 0.6 is 0 Å². The zero-order chi connectivity index (χ0) is 12.0. The topological polar surface area (TPSA) is 82.1 Å². The van der Waals surface area contributed by atoms with Gasteiger partial charge in [-0.05, 0) is 24.5 Å². The molecule has 1 N–H and O–H groups in total. The van der Waals surface area contributed by atoms with Gasteiger partial charge in [0, 0.05) is 18.6 Å². The molecule has 0 bridgehead atoms. The monoisotopic (exact) mass is 221 g/mol. The van der Waals surface area contributed by atoms with E-state index in [4.69, 9.17) is 0 Å². The molecule has 0 saturated heterocycles. The van der Waals surface area contributed by atoms with E-state index in [1.807, 2.05) is 0 Å². The molecular weight excluding hydrogens is 208 g/mol. The number of pyridine rings is 1. The fourth-order valence-electron chi connectivity index (χ4n) is 1.30. The summed E-state index contributed by atoms with van der Waals surface area (Å²) in [6.07, 6.45) is 1.60. The van der Waals surface area contributed by atoms with E-state index in [0.717, 1.165) is 0 Å². The Kier molecular flexibility index (Phi) is 4.44. The van der Waals surface area contributed by atoms with Crippen LogP contribution < -0.4 is 10.4 Å². The summed E-state index contributed by atoms with van der Waals surface area (Å²) < 4.78 is 0. The molecule has 0 fully saturated rings. The van der Waals surface area contributed by atoms with E-state index >= 15 is 0 Å². The molecule has 16 heavy (non-hydrogen) atoms. The highest BCUT2D eigenvalue weighted by Crippen LogP contribution is 2.08. The minimum absolute atomic E-state index is 0.115. The van der Waals surface area contributed by atoms with E-state index < -0.39 is 5.97 Å². The Hall–Kier alpha value is -1.91. The number of nitrogens with zero attached hydrogens (tertiary/aromatic N) is 1. The highest BCUT2D eigenvalue weighted by molar-refractivity contribution is 5.90. The van der Waals surface area contributed by atoms with E-state index in [1.165, 1.54) is 0 Å². The predicted molar refractivity (Wildman–Crippen MR) is 56.3 cm³/mol. The second-order valence-corrected chi connectivity index (χ2v) is 3.65. The van der Waals surface area contributed by atoms with Gasteiger partial charge < -0.3 is 15.2 Å². The molecule has 1 rings (SSSR count). The van der Waals surface area contributed by atoms with Crippen LogP contribution in [0.3, 0.4) is 0 Å². The molecule has 1 amide bonds. The first-order chi connectivity index (χ1) is 7.58. The van der Waals surface area contributed by atoms with Gasteiger partial charge in [-0.25, -0.2) is 4.98 Å². The summed E-state index contributed by atoms with van der Waals surface area (Å²) in [6, 6.07) is 5.17. The summed E-state index contributed by atoms with van der Waals surface area (Å²) in [6.45, 7) is 1.69. The number of anilines is 1. The lowest BCUT2D eigenvalue weighted by Crippen LogP contribution is -2.26. The standard InChI is InChI=1S/C11H14N2O3/c1-8(7-11(15)16)6-10(14)13-9-4-2-3-5-12-9/h2-5,8H,6-7H2,1H3,(H,15,16)(H,12,13,14)/p-1/t8-/m1/s1. The SMILES string of the molecule is C[C@@H](CC(=O)[O-])CC(=O)Nc1ccccn1. The fourth-order valence-corrected chi connectivity index (χ4v) is 1.30. The maximum Gasteiger partial charge on any atom is 0.225 e. The number of carboxylic acid groups (broad SMARTS) is 1. The first-order valence-corrected chi connectivity index (χ1v) is 4.98. The van der Waals surface area contributed by atoms with Gasteiger partial charge in [0.25, 0.3) is 0 Å². The third-order valence-electron chi connectivity index (χ3n) is 1.98. The van der Waals surface area contributed by atoms with Crippen molar-refractivity contribution in [3.63, 3.8) is 0 Å². The summed E-state index contributed by atoms with van der Waals surface area (Å²) in [5, 5.41) is 12.9. The van der Waals surface area contributed by atoms with E-state index in [2.05, 4.69) is 10.3 Å². The van der Waals surface area contributed by atoms with Gasteiger partial charge in [-0.2, -0.15) is 0 Å². The van der Waals surface area contributed by atoms with Gasteiger partial charge in [0.1, 0.15) is 5.82 Å². The van der Waals surface area contributed by atoms with Crippen molar-refractivity contribution in [1.82, 2.24) is 4.98 Å². The smallest absolute Gasteiger partial charge is 0.225 e. The van der Waals surface area contributed by atoms with Crippen molar-refractivity contribution in [2.75, 3.05) is 5.32 Å². The number of aromatic nitrogens is 1. The number of nitrogens with one attached hydrogen (secondary N) is 1. The largest absolute Gasteiger partial charge is 0.550 e. The van der Waals surface area contributed by atoms with Gasteiger partial charge in [0.2, 0.25) is 5.91 Å². The van der Waals surface area contributed by atoms with E-state index in [1.54, 1.807) is 31.3 Å². The van der Waals surface area contributed by atoms with Crippen molar-refractivity contribution in [1.29, 1.82) is 0 Å². The molecule has 1 aromatic heterocycles. The summed E-state index contributed by atoms with van der Waals surface area (Å²) in [4.78, 5) is 25.7. The minimum Gasteiger partial charge on any atom is -0.550 e. The van der Waals surface area contributed by atoms with Crippen LogP contribution in [-0.2, 0) is 9.59 Å². The maximum atomic E-state index is 11.4. The number of carbonyl (C=O) groups excluding carboxylic acids is 2. The van der Waals surface area contributed by atoms with Gasteiger partial charge in [0.15, 0.2) is 0 Å². The average Bonchev–Trinajstić information content (AvgIpc) is 2.17. The first-order valence-electron chi connectivity index (χ1n) is 4.98. The normalized spacial score (nSPS) is 11.8. The van der Waals surface area contributed by atoms with Gasteiger partial charge in [-0.1, -0.05) is 13.0 Å². The molecule has 0 unspecified atom stereocenters. The van der Waals surface area contributed by atoms with Gasteiger partial charge in [-0.15, -0.1) is 0 Å². The van der Waals surface area contributed by atoms with Crippen LogP contribution in [0.2, 0.25) is 0 Å². The fraction of sp³-hybridized carbons (Fsp3) is 0.364. The zero-order valence-corrected chi connectivity index (χ0v) is 8.97. The number of amides is 1. The highest BCUT2D eigenvalue weighted by Gasteiger charge is 2.09. The van der Waals surface area contributed by atoms with Crippen molar-refractivity contribution in [2.24, 2.45) is 5.92 Å². The van der Waals surface area contributed by atoms with Crippen molar-refractivity contribution in [2.45, 2.75) is 19.8 Å². The van der Waals surface area contributed by atoms with Crippen LogP contribution in [0, 0.1) is 5.92 Å². The van der Waals surface area contributed by atoms with Crippen LogP contribution in [0.5, 0.6) is 0 Å². The lowest BCUT2D eigenvalue weighted by molar-refractivity contribution is -0.306. The van der Waals surface area contributed by atoms with E-state index in [-0.39, 0.29) is 24.7 Å². The summed E-state index contributed by atoms with van der Waals surface area (Å²) >= 11 is 0. The molecule has 0 aromatic carbocycles. The van der Waals surface area contributed by atoms with Crippen LogP contribution in [0.1, 0.15) is 19.8 Å². The Bertz CT molecular complexity index is 365. The zero-order valence-electron chi connectivity index (χ0n) is 8.97. The third-order valence-corrected chi connectivity index (χ3v) is 1.98. The molecule has 0 aliphatic rings. The van der Waals surface area contributed by atoms with Crippen molar-refractivity contribution in [3.05, 3.63) is 24.4 Å². The molecule has 86 valence electrons.